The van der Waals surface area contributed by atoms with Crippen LogP contribution in [0, 0.1) is 0 Å². The predicted octanol–water partition coefficient (Wildman–Crippen LogP) is 1.96. The molecule has 2 aliphatic rings. The number of ether oxygens (including phenoxy) is 2. The van der Waals surface area contributed by atoms with E-state index in [9.17, 15) is 0 Å². The zero-order valence-electron chi connectivity index (χ0n) is 14.5. The maximum atomic E-state index is 9.15. The first kappa shape index (κ1) is 16.6. The molecular weight excluding hydrogens is 318 g/mol. The molecule has 6 heteroatoms. The van der Waals surface area contributed by atoms with Crippen LogP contribution in [0.4, 0.5) is 0 Å². The Morgan fingerprint density at radius 3 is 3.08 bits per heavy atom. The second kappa shape index (κ2) is 7.15. The Hall–Kier alpha value is -1.89. The third-order valence-electron chi connectivity index (χ3n) is 5.31. The molecule has 0 aliphatic carbocycles. The maximum Gasteiger partial charge on any atom is 0.140 e. The molecule has 0 unspecified atom stereocenters. The molecule has 6 nitrogen and oxygen atoms in total. The standard InChI is InChI=1S/C19H25N3O3/c1-24-17-4-2-3-14(9-17)19-20-6-7-22(19)15-10-16-13-25-18(5-8-23)12-21(16)11-15/h2-4,6-7,9,15-16,18,23H,5,8,10-13H2,1H3/t15-,16+,18+/m1/s1. The first-order valence-electron chi connectivity index (χ1n) is 8.92. The van der Waals surface area contributed by atoms with Crippen molar-refractivity contribution in [2.45, 2.75) is 31.0 Å². The van der Waals surface area contributed by atoms with Crippen molar-refractivity contribution in [2.75, 3.05) is 33.4 Å². The van der Waals surface area contributed by atoms with Crippen LogP contribution in [0.15, 0.2) is 36.7 Å². The Kier molecular flexibility index (Phi) is 4.74. The summed E-state index contributed by atoms with van der Waals surface area (Å²) in [6.07, 6.45) is 5.88. The second-order valence-electron chi connectivity index (χ2n) is 6.85. The van der Waals surface area contributed by atoms with Gasteiger partial charge in [-0.15, -0.1) is 0 Å². The highest BCUT2D eigenvalue weighted by atomic mass is 16.5. The first-order valence-corrected chi connectivity index (χ1v) is 8.92. The lowest BCUT2D eigenvalue weighted by Gasteiger charge is -2.34. The van der Waals surface area contributed by atoms with Crippen LogP contribution in [0.1, 0.15) is 18.9 Å². The lowest BCUT2D eigenvalue weighted by molar-refractivity contribution is -0.0567. The van der Waals surface area contributed by atoms with Gasteiger partial charge in [0.1, 0.15) is 11.6 Å². The van der Waals surface area contributed by atoms with Crippen LogP contribution in [0.5, 0.6) is 5.75 Å². The van der Waals surface area contributed by atoms with Crippen molar-refractivity contribution in [3.05, 3.63) is 36.7 Å². The number of aliphatic hydroxyl groups is 1. The van der Waals surface area contributed by atoms with E-state index in [2.05, 4.69) is 26.7 Å². The summed E-state index contributed by atoms with van der Waals surface area (Å²) in [7, 11) is 1.68. The topological polar surface area (TPSA) is 59.8 Å². The first-order chi connectivity index (χ1) is 12.3. The number of hydrogen-bond donors (Lipinski definition) is 1. The van der Waals surface area contributed by atoms with E-state index in [1.807, 2.05) is 24.4 Å². The molecule has 0 spiro atoms. The van der Waals surface area contributed by atoms with Crippen molar-refractivity contribution in [3.63, 3.8) is 0 Å². The van der Waals surface area contributed by atoms with E-state index in [-0.39, 0.29) is 12.7 Å². The molecular formula is C19H25N3O3. The van der Waals surface area contributed by atoms with Crippen molar-refractivity contribution in [1.29, 1.82) is 0 Å². The van der Waals surface area contributed by atoms with Gasteiger partial charge in [-0.25, -0.2) is 4.98 Å². The summed E-state index contributed by atoms with van der Waals surface area (Å²) in [4.78, 5) is 7.10. The van der Waals surface area contributed by atoms with Gasteiger partial charge in [-0.05, 0) is 25.0 Å². The molecule has 25 heavy (non-hydrogen) atoms. The van der Waals surface area contributed by atoms with E-state index in [4.69, 9.17) is 14.6 Å². The fourth-order valence-electron chi connectivity index (χ4n) is 4.03. The monoisotopic (exact) mass is 343 g/mol. The van der Waals surface area contributed by atoms with Gasteiger partial charge >= 0.3 is 0 Å². The summed E-state index contributed by atoms with van der Waals surface area (Å²) in [6, 6.07) is 8.90. The highest BCUT2D eigenvalue weighted by molar-refractivity contribution is 5.58. The minimum Gasteiger partial charge on any atom is -0.497 e. The maximum absolute atomic E-state index is 9.15. The number of aromatic nitrogens is 2. The number of methoxy groups -OCH3 is 1. The number of rotatable bonds is 5. The molecule has 0 saturated carbocycles. The van der Waals surface area contributed by atoms with Gasteiger partial charge in [-0.3, -0.25) is 4.90 Å². The molecule has 1 aromatic heterocycles. The van der Waals surface area contributed by atoms with Crippen LogP contribution in [-0.4, -0.2) is 65.1 Å². The van der Waals surface area contributed by atoms with Crippen molar-refractivity contribution in [3.8, 4) is 17.1 Å². The fraction of sp³-hybridized carbons (Fsp3) is 0.526. The summed E-state index contributed by atoms with van der Waals surface area (Å²) < 4.78 is 13.5. The van der Waals surface area contributed by atoms with Gasteiger partial charge in [0.05, 0.1) is 19.8 Å². The molecule has 2 aromatic rings. The van der Waals surface area contributed by atoms with E-state index < -0.39 is 0 Å². The van der Waals surface area contributed by atoms with Crippen LogP contribution >= 0.6 is 0 Å². The lowest BCUT2D eigenvalue weighted by Crippen LogP contribution is -2.46. The molecule has 3 atom stereocenters. The average molecular weight is 343 g/mol. The van der Waals surface area contributed by atoms with Gasteiger partial charge in [0.25, 0.3) is 0 Å². The third-order valence-corrected chi connectivity index (χ3v) is 5.31. The Morgan fingerprint density at radius 1 is 1.32 bits per heavy atom. The zero-order valence-corrected chi connectivity index (χ0v) is 14.5. The predicted molar refractivity (Wildman–Crippen MR) is 94.7 cm³/mol. The van der Waals surface area contributed by atoms with E-state index in [0.29, 0.717) is 18.5 Å². The SMILES string of the molecule is COc1cccc(-c2nccn2[C@@H]2C[C@H]3CO[C@@H](CCO)CN3C2)c1. The molecule has 134 valence electrons. The number of nitrogens with zero attached hydrogens (tertiary/aromatic N) is 3. The van der Waals surface area contributed by atoms with Gasteiger partial charge in [0, 0.05) is 49.7 Å². The number of aliphatic hydroxyl groups excluding tert-OH is 1. The van der Waals surface area contributed by atoms with Crippen LogP contribution in [0.3, 0.4) is 0 Å². The molecule has 0 amide bonds. The minimum absolute atomic E-state index is 0.153. The van der Waals surface area contributed by atoms with Gasteiger partial charge in [0.2, 0.25) is 0 Å². The molecule has 2 aliphatic heterocycles. The van der Waals surface area contributed by atoms with Crippen LogP contribution in [-0.2, 0) is 4.74 Å². The highest BCUT2D eigenvalue weighted by Crippen LogP contribution is 2.34. The summed E-state index contributed by atoms with van der Waals surface area (Å²) in [5.74, 6) is 1.83. The van der Waals surface area contributed by atoms with Gasteiger partial charge < -0.3 is 19.1 Å². The molecule has 1 aromatic carbocycles. The third kappa shape index (κ3) is 3.29. The van der Waals surface area contributed by atoms with E-state index >= 15 is 0 Å². The molecule has 0 radical (unpaired) electrons. The van der Waals surface area contributed by atoms with Crippen LogP contribution in [0.25, 0.3) is 11.4 Å². The van der Waals surface area contributed by atoms with Gasteiger partial charge in [-0.2, -0.15) is 0 Å². The molecule has 2 saturated heterocycles. The van der Waals surface area contributed by atoms with E-state index in [0.717, 1.165) is 43.3 Å². The normalized spacial score (nSPS) is 26.6. The quantitative estimate of drug-likeness (QED) is 0.899. The smallest absolute Gasteiger partial charge is 0.140 e. The highest BCUT2D eigenvalue weighted by Gasteiger charge is 2.38. The number of benzene rings is 1. The number of hydrogen-bond acceptors (Lipinski definition) is 5. The molecule has 1 N–H and O–H groups in total. The van der Waals surface area contributed by atoms with E-state index in [1.165, 1.54) is 0 Å². The van der Waals surface area contributed by atoms with E-state index in [1.54, 1.807) is 7.11 Å². The molecule has 3 heterocycles. The number of imidazole rings is 1. The van der Waals surface area contributed by atoms with Crippen molar-refractivity contribution < 1.29 is 14.6 Å². The van der Waals surface area contributed by atoms with Gasteiger partial charge in [-0.1, -0.05) is 12.1 Å². The summed E-state index contributed by atoms with van der Waals surface area (Å²) in [5.41, 5.74) is 1.07. The van der Waals surface area contributed by atoms with Gasteiger partial charge in [0.15, 0.2) is 0 Å². The second-order valence-corrected chi connectivity index (χ2v) is 6.85. The molecule has 2 fully saturated rings. The fourth-order valence-corrected chi connectivity index (χ4v) is 4.03. The Morgan fingerprint density at radius 2 is 2.24 bits per heavy atom. The summed E-state index contributed by atoms with van der Waals surface area (Å²) in [6.45, 7) is 2.85. The molecule has 0 bridgehead atoms. The largest absolute Gasteiger partial charge is 0.497 e. The van der Waals surface area contributed by atoms with Crippen molar-refractivity contribution >= 4 is 0 Å². The van der Waals surface area contributed by atoms with Crippen molar-refractivity contribution in [1.82, 2.24) is 14.5 Å². The van der Waals surface area contributed by atoms with Crippen LogP contribution in [0.2, 0.25) is 0 Å². The summed E-state index contributed by atoms with van der Waals surface area (Å²) >= 11 is 0. The summed E-state index contributed by atoms with van der Waals surface area (Å²) in [5, 5.41) is 9.15. The Labute approximate surface area is 148 Å². The minimum atomic E-state index is 0.153. The Bertz CT molecular complexity index is 717. The number of morpholine rings is 1. The lowest BCUT2D eigenvalue weighted by atomic mass is 10.1. The zero-order chi connectivity index (χ0) is 17.2. The number of fused-ring (bicyclic) bond motifs is 1. The van der Waals surface area contributed by atoms with Crippen molar-refractivity contribution in [2.24, 2.45) is 0 Å². The average Bonchev–Trinajstić information content (AvgIpc) is 3.28. The Balaban J connectivity index is 1.53. The molecule has 4 rings (SSSR count). The van der Waals surface area contributed by atoms with Crippen LogP contribution < -0.4 is 4.74 Å².